The number of aliphatic hydroxyl groups is 1. The van der Waals surface area contributed by atoms with Crippen LogP contribution >= 0.6 is 27.5 Å². The lowest BCUT2D eigenvalue weighted by molar-refractivity contribution is 0.147. The van der Waals surface area contributed by atoms with Gasteiger partial charge in [-0.05, 0) is 34.5 Å². The summed E-state index contributed by atoms with van der Waals surface area (Å²) in [6.45, 7) is 2.38. The molecule has 3 N–H and O–H groups in total. The fourth-order valence-corrected chi connectivity index (χ4v) is 2.85. The van der Waals surface area contributed by atoms with Gasteiger partial charge in [0.1, 0.15) is 0 Å². The van der Waals surface area contributed by atoms with Gasteiger partial charge in [0.2, 0.25) is 0 Å². The third-order valence-electron chi connectivity index (χ3n) is 3.44. The Balaban J connectivity index is 2.36. The summed E-state index contributed by atoms with van der Waals surface area (Å²) in [5.41, 5.74) is 8.74. The summed E-state index contributed by atoms with van der Waals surface area (Å²) in [4.78, 5) is 0. The van der Waals surface area contributed by atoms with Gasteiger partial charge >= 0.3 is 0 Å². The third kappa shape index (κ3) is 3.23. The van der Waals surface area contributed by atoms with E-state index in [0.717, 1.165) is 10.0 Å². The molecule has 0 radical (unpaired) electrons. The molecule has 2 aromatic rings. The molecular weight excluding hydrogens is 338 g/mol. The highest BCUT2D eigenvalue weighted by atomic mass is 79.9. The van der Waals surface area contributed by atoms with Crippen LogP contribution in [0.15, 0.2) is 46.9 Å². The molecule has 0 aromatic heterocycles. The highest BCUT2D eigenvalue weighted by Crippen LogP contribution is 2.37. The maximum Gasteiger partial charge on any atom is 0.0885 e. The summed E-state index contributed by atoms with van der Waals surface area (Å²) in [6, 6.07) is 13.6. The number of benzene rings is 2. The minimum absolute atomic E-state index is 0.178. The summed E-state index contributed by atoms with van der Waals surface area (Å²) in [7, 11) is 0. The van der Waals surface area contributed by atoms with E-state index in [2.05, 4.69) is 15.9 Å². The Morgan fingerprint density at radius 1 is 1.20 bits per heavy atom. The van der Waals surface area contributed by atoms with Crippen LogP contribution in [0.2, 0.25) is 5.02 Å². The molecule has 0 aliphatic rings. The molecular formula is C16H17BrClNO. The molecule has 0 saturated carbocycles. The number of hydrogen-bond donors (Lipinski definition) is 2. The molecule has 0 fully saturated rings. The number of halogens is 2. The van der Waals surface area contributed by atoms with Gasteiger partial charge in [-0.1, -0.05) is 53.6 Å². The van der Waals surface area contributed by atoms with Gasteiger partial charge in [0.15, 0.2) is 0 Å². The van der Waals surface area contributed by atoms with E-state index >= 15 is 0 Å². The summed E-state index contributed by atoms with van der Waals surface area (Å²) in [5, 5.41) is 11.2. The molecule has 2 atom stereocenters. The van der Waals surface area contributed by atoms with Crippen molar-refractivity contribution in [2.24, 2.45) is 5.73 Å². The van der Waals surface area contributed by atoms with E-state index in [0.29, 0.717) is 17.1 Å². The second-order valence-corrected chi connectivity index (χ2v) is 6.07. The van der Waals surface area contributed by atoms with Crippen LogP contribution in [-0.4, -0.2) is 11.7 Å². The van der Waals surface area contributed by atoms with Crippen LogP contribution in [0.25, 0.3) is 0 Å². The van der Waals surface area contributed by atoms with Gasteiger partial charge in [-0.3, -0.25) is 0 Å². The smallest absolute Gasteiger partial charge is 0.0885 e. The Morgan fingerprint density at radius 2 is 1.85 bits per heavy atom. The molecule has 0 saturated heterocycles. The normalized spacial score (nSPS) is 14.1. The highest BCUT2D eigenvalue weighted by Gasteiger charge is 2.24. The molecule has 2 nitrogen and oxygen atoms in total. The first kappa shape index (κ1) is 15.5. The zero-order valence-corrected chi connectivity index (χ0v) is 13.5. The monoisotopic (exact) mass is 353 g/mol. The van der Waals surface area contributed by atoms with Crippen molar-refractivity contribution in [3.8, 4) is 0 Å². The van der Waals surface area contributed by atoms with E-state index in [1.54, 1.807) is 0 Å². The first-order valence-corrected chi connectivity index (χ1v) is 7.60. The van der Waals surface area contributed by atoms with Crippen LogP contribution in [-0.2, 0) is 0 Å². The van der Waals surface area contributed by atoms with Gasteiger partial charge in [-0.2, -0.15) is 0 Å². The van der Waals surface area contributed by atoms with Crippen molar-refractivity contribution in [1.82, 2.24) is 0 Å². The summed E-state index contributed by atoms with van der Waals surface area (Å²) in [5.74, 6) is -0.178. The van der Waals surface area contributed by atoms with Gasteiger partial charge in [0.05, 0.1) is 11.1 Å². The average molecular weight is 355 g/mol. The predicted molar refractivity (Wildman–Crippen MR) is 87.1 cm³/mol. The van der Waals surface area contributed by atoms with Crippen LogP contribution < -0.4 is 5.73 Å². The molecule has 106 valence electrons. The van der Waals surface area contributed by atoms with Gasteiger partial charge in [0.25, 0.3) is 0 Å². The standard InChI is InChI=1S/C16H17BrClNO/c1-10-5-7-11(8-6-10)13(9-19)16(20)12-3-2-4-14(17)15(12)18/h2-8,13,16,20H,9,19H2,1H3. The van der Waals surface area contributed by atoms with Crippen LogP contribution in [0.5, 0.6) is 0 Å². The lowest BCUT2D eigenvalue weighted by Gasteiger charge is -2.23. The SMILES string of the molecule is Cc1ccc(C(CN)C(O)c2cccc(Br)c2Cl)cc1. The summed E-state index contributed by atoms with van der Waals surface area (Å²) < 4.78 is 0.774. The Morgan fingerprint density at radius 3 is 2.45 bits per heavy atom. The molecule has 2 aromatic carbocycles. The molecule has 0 aliphatic carbocycles. The van der Waals surface area contributed by atoms with E-state index in [1.165, 1.54) is 5.56 Å². The lowest BCUT2D eigenvalue weighted by atomic mass is 9.89. The second kappa shape index (κ2) is 6.72. The molecule has 20 heavy (non-hydrogen) atoms. The third-order valence-corrected chi connectivity index (χ3v) is 4.75. The fourth-order valence-electron chi connectivity index (χ4n) is 2.23. The van der Waals surface area contributed by atoms with Crippen molar-refractivity contribution >= 4 is 27.5 Å². The topological polar surface area (TPSA) is 46.2 Å². The maximum absolute atomic E-state index is 10.6. The van der Waals surface area contributed by atoms with Crippen LogP contribution in [0.3, 0.4) is 0 Å². The average Bonchev–Trinajstić information content (AvgIpc) is 2.44. The first-order valence-electron chi connectivity index (χ1n) is 6.43. The molecule has 4 heteroatoms. The van der Waals surface area contributed by atoms with Crippen LogP contribution in [0, 0.1) is 6.92 Å². The van der Waals surface area contributed by atoms with Crippen molar-refractivity contribution < 1.29 is 5.11 Å². The van der Waals surface area contributed by atoms with E-state index in [4.69, 9.17) is 17.3 Å². The highest BCUT2D eigenvalue weighted by molar-refractivity contribution is 9.10. The number of nitrogens with two attached hydrogens (primary N) is 1. The van der Waals surface area contributed by atoms with Gasteiger partial charge in [0, 0.05) is 22.5 Å². The molecule has 0 heterocycles. The van der Waals surface area contributed by atoms with E-state index in [9.17, 15) is 5.11 Å². The first-order chi connectivity index (χ1) is 9.54. The van der Waals surface area contributed by atoms with E-state index in [1.807, 2.05) is 49.4 Å². The van der Waals surface area contributed by atoms with E-state index in [-0.39, 0.29) is 5.92 Å². The number of aryl methyl sites for hydroxylation is 1. The largest absolute Gasteiger partial charge is 0.388 e. The molecule has 0 spiro atoms. The zero-order chi connectivity index (χ0) is 14.7. The quantitative estimate of drug-likeness (QED) is 0.865. The second-order valence-electron chi connectivity index (χ2n) is 4.84. The maximum atomic E-state index is 10.6. The Bertz CT molecular complexity index is 586. The van der Waals surface area contributed by atoms with Crippen molar-refractivity contribution in [2.45, 2.75) is 18.9 Å². The predicted octanol–water partition coefficient (Wildman–Crippen LogP) is 4.19. The lowest BCUT2D eigenvalue weighted by Crippen LogP contribution is -2.20. The van der Waals surface area contributed by atoms with Crippen LogP contribution in [0.1, 0.15) is 28.7 Å². The molecule has 2 unspecified atom stereocenters. The zero-order valence-electron chi connectivity index (χ0n) is 11.2. The minimum atomic E-state index is -0.729. The number of hydrogen-bond acceptors (Lipinski definition) is 2. The van der Waals surface area contributed by atoms with Crippen molar-refractivity contribution in [3.63, 3.8) is 0 Å². The van der Waals surface area contributed by atoms with Gasteiger partial charge in [-0.25, -0.2) is 0 Å². The Hall–Kier alpha value is -0.870. The Labute approximate surface area is 132 Å². The molecule has 2 rings (SSSR count). The van der Waals surface area contributed by atoms with Crippen molar-refractivity contribution in [3.05, 3.63) is 68.7 Å². The summed E-state index contributed by atoms with van der Waals surface area (Å²) in [6.07, 6.45) is -0.729. The number of aliphatic hydroxyl groups excluding tert-OH is 1. The fraction of sp³-hybridized carbons (Fsp3) is 0.250. The summed E-state index contributed by atoms with van der Waals surface area (Å²) >= 11 is 9.63. The van der Waals surface area contributed by atoms with Crippen LogP contribution in [0.4, 0.5) is 0 Å². The van der Waals surface area contributed by atoms with Gasteiger partial charge in [-0.15, -0.1) is 0 Å². The molecule has 0 aliphatic heterocycles. The minimum Gasteiger partial charge on any atom is -0.388 e. The number of rotatable bonds is 4. The Kier molecular flexibility index (Phi) is 5.22. The van der Waals surface area contributed by atoms with Crippen molar-refractivity contribution in [2.75, 3.05) is 6.54 Å². The molecule has 0 amide bonds. The molecule has 0 bridgehead atoms. The van der Waals surface area contributed by atoms with Crippen molar-refractivity contribution in [1.29, 1.82) is 0 Å². The van der Waals surface area contributed by atoms with E-state index < -0.39 is 6.10 Å². The van der Waals surface area contributed by atoms with Gasteiger partial charge < -0.3 is 10.8 Å².